The van der Waals surface area contributed by atoms with Crippen LogP contribution in [0.2, 0.25) is 0 Å². The highest BCUT2D eigenvalue weighted by Crippen LogP contribution is 2.34. The van der Waals surface area contributed by atoms with Crippen molar-refractivity contribution in [3.8, 4) is 17.0 Å². The minimum Gasteiger partial charge on any atom is -0.496 e. The van der Waals surface area contributed by atoms with Crippen LogP contribution in [0.25, 0.3) is 11.3 Å². The topological polar surface area (TPSA) is 52.0 Å². The van der Waals surface area contributed by atoms with Crippen LogP contribution in [0.3, 0.4) is 0 Å². The lowest BCUT2D eigenvalue weighted by atomic mass is 10.1. The van der Waals surface area contributed by atoms with Gasteiger partial charge in [0, 0.05) is 35.9 Å². The summed E-state index contributed by atoms with van der Waals surface area (Å²) < 4.78 is 20.7. The molecule has 0 bridgehead atoms. The van der Waals surface area contributed by atoms with Crippen LogP contribution in [0.4, 0.5) is 9.52 Å². The van der Waals surface area contributed by atoms with E-state index >= 15 is 0 Å². The average molecular weight is 394 g/mol. The lowest BCUT2D eigenvalue weighted by Crippen LogP contribution is -2.17. The van der Waals surface area contributed by atoms with Crippen LogP contribution < -0.4 is 10.1 Å². The number of ether oxygens (including phenoxy) is 1. The smallest absolute Gasteiger partial charge is 0.184 e. The summed E-state index contributed by atoms with van der Waals surface area (Å²) in [5.41, 5.74) is 2.64. The SMILES string of the molecule is COc1ccccc1C(Nc1nc(-c2ccc(F)cc2)cs1)c1nccn1C. The highest BCUT2D eigenvalue weighted by atomic mass is 32.1. The zero-order valence-electron chi connectivity index (χ0n) is 15.5. The van der Waals surface area contributed by atoms with Crippen LogP contribution in [0, 0.1) is 5.82 Å². The second kappa shape index (κ2) is 7.82. The summed E-state index contributed by atoms with van der Waals surface area (Å²) >= 11 is 1.49. The Kier molecular flexibility index (Phi) is 5.08. The molecule has 1 N–H and O–H groups in total. The maximum atomic E-state index is 13.2. The molecule has 4 rings (SSSR count). The first-order valence-electron chi connectivity index (χ1n) is 8.74. The number of aromatic nitrogens is 3. The molecule has 7 heteroatoms. The van der Waals surface area contributed by atoms with Gasteiger partial charge in [-0.25, -0.2) is 14.4 Å². The summed E-state index contributed by atoms with van der Waals surface area (Å²) in [6, 6.07) is 14.0. The van der Waals surface area contributed by atoms with Crippen molar-refractivity contribution in [2.24, 2.45) is 7.05 Å². The maximum Gasteiger partial charge on any atom is 0.184 e. The van der Waals surface area contributed by atoms with E-state index in [0.717, 1.165) is 33.5 Å². The number of methoxy groups -OCH3 is 1. The minimum absolute atomic E-state index is 0.233. The largest absolute Gasteiger partial charge is 0.496 e. The van der Waals surface area contributed by atoms with E-state index in [0.29, 0.717) is 0 Å². The average Bonchev–Trinajstić information content (AvgIpc) is 3.36. The molecular formula is C21H19FN4OS. The number of rotatable bonds is 6. The van der Waals surface area contributed by atoms with Gasteiger partial charge in [-0.3, -0.25) is 0 Å². The van der Waals surface area contributed by atoms with Gasteiger partial charge in [0.05, 0.1) is 12.8 Å². The van der Waals surface area contributed by atoms with Crippen LogP contribution in [-0.4, -0.2) is 21.6 Å². The van der Waals surface area contributed by atoms with Gasteiger partial charge < -0.3 is 14.6 Å². The number of nitrogens with one attached hydrogen (secondary N) is 1. The Balaban J connectivity index is 1.69. The van der Waals surface area contributed by atoms with Crippen molar-refractivity contribution >= 4 is 16.5 Å². The molecule has 4 aromatic rings. The minimum atomic E-state index is -0.261. The highest BCUT2D eigenvalue weighted by Gasteiger charge is 2.23. The van der Waals surface area contributed by atoms with E-state index in [1.54, 1.807) is 25.4 Å². The summed E-state index contributed by atoms with van der Waals surface area (Å²) in [6.45, 7) is 0. The normalized spacial score (nSPS) is 12.0. The van der Waals surface area contributed by atoms with Gasteiger partial charge in [-0.2, -0.15) is 0 Å². The number of hydrogen-bond acceptors (Lipinski definition) is 5. The van der Waals surface area contributed by atoms with Crippen LogP contribution in [0.5, 0.6) is 5.75 Å². The quantitative estimate of drug-likeness (QED) is 0.506. The van der Waals surface area contributed by atoms with Crippen molar-refractivity contribution in [1.82, 2.24) is 14.5 Å². The molecule has 0 aliphatic carbocycles. The van der Waals surface area contributed by atoms with Crippen molar-refractivity contribution in [1.29, 1.82) is 0 Å². The second-order valence-electron chi connectivity index (χ2n) is 6.26. The van der Waals surface area contributed by atoms with E-state index in [1.807, 2.05) is 47.5 Å². The number of thiazole rings is 1. The molecular weight excluding hydrogens is 375 g/mol. The summed E-state index contributed by atoms with van der Waals surface area (Å²) in [4.78, 5) is 9.20. The number of anilines is 1. The Morgan fingerprint density at radius 1 is 1.14 bits per heavy atom. The number of imidazole rings is 1. The van der Waals surface area contributed by atoms with E-state index < -0.39 is 0 Å². The van der Waals surface area contributed by atoms with Gasteiger partial charge in [-0.05, 0) is 30.3 Å². The zero-order valence-corrected chi connectivity index (χ0v) is 16.3. The van der Waals surface area contributed by atoms with Gasteiger partial charge in [-0.1, -0.05) is 18.2 Å². The Morgan fingerprint density at radius 2 is 1.93 bits per heavy atom. The van der Waals surface area contributed by atoms with Crippen LogP contribution in [0.1, 0.15) is 17.4 Å². The van der Waals surface area contributed by atoms with Gasteiger partial charge in [-0.15, -0.1) is 11.3 Å². The van der Waals surface area contributed by atoms with Crippen LogP contribution in [0.15, 0.2) is 66.3 Å². The van der Waals surface area contributed by atoms with Gasteiger partial charge in [0.25, 0.3) is 0 Å². The lowest BCUT2D eigenvalue weighted by molar-refractivity contribution is 0.408. The van der Waals surface area contributed by atoms with E-state index in [2.05, 4.69) is 15.3 Å². The maximum absolute atomic E-state index is 13.2. The van der Waals surface area contributed by atoms with Crippen molar-refractivity contribution in [3.63, 3.8) is 0 Å². The molecule has 28 heavy (non-hydrogen) atoms. The molecule has 0 fully saturated rings. The van der Waals surface area contributed by atoms with Gasteiger partial charge in [0.1, 0.15) is 23.4 Å². The molecule has 0 saturated heterocycles. The van der Waals surface area contributed by atoms with Crippen LogP contribution >= 0.6 is 11.3 Å². The van der Waals surface area contributed by atoms with Crippen molar-refractivity contribution in [3.05, 3.63) is 83.5 Å². The first kappa shape index (κ1) is 18.2. The third-order valence-corrected chi connectivity index (χ3v) is 5.25. The number of halogens is 1. The van der Waals surface area contributed by atoms with Gasteiger partial charge in [0.15, 0.2) is 5.13 Å². The monoisotopic (exact) mass is 394 g/mol. The van der Waals surface area contributed by atoms with Crippen molar-refractivity contribution in [2.45, 2.75) is 6.04 Å². The molecule has 0 aliphatic rings. The predicted molar refractivity (Wildman–Crippen MR) is 109 cm³/mol. The van der Waals surface area contributed by atoms with E-state index in [4.69, 9.17) is 4.74 Å². The third kappa shape index (κ3) is 3.61. The Morgan fingerprint density at radius 3 is 2.64 bits per heavy atom. The first-order valence-corrected chi connectivity index (χ1v) is 9.62. The lowest BCUT2D eigenvalue weighted by Gasteiger charge is -2.20. The zero-order chi connectivity index (χ0) is 19.5. The molecule has 2 aromatic heterocycles. The summed E-state index contributed by atoms with van der Waals surface area (Å²) in [7, 11) is 3.61. The van der Waals surface area contributed by atoms with Crippen LogP contribution in [-0.2, 0) is 7.05 Å². The van der Waals surface area contributed by atoms with Crippen molar-refractivity contribution < 1.29 is 9.13 Å². The number of benzene rings is 2. The number of aryl methyl sites for hydroxylation is 1. The van der Waals surface area contributed by atoms with Crippen molar-refractivity contribution in [2.75, 3.05) is 12.4 Å². The van der Waals surface area contributed by atoms with Gasteiger partial charge >= 0.3 is 0 Å². The predicted octanol–water partition coefficient (Wildman–Crippen LogP) is 4.89. The molecule has 1 unspecified atom stereocenters. The number of nitrogens with zero attached hydrogens (tertiary/aromatic N) is 3. The fourth-order valence-corrected chi connectivity index (χ4v) is 3.81. The molecule has 0 amide bonds. The number of para-hydroxylation sites is 1. The van der Waals surface area contributed by atoms with E-state index in [-0.39, 0.29) is 11.9 Å². The molecule has 1 atom stereocenters. The summed E-state index contributed by atoms with van der Waals surface area (Å²) in [5.74, 6) is 1.37. The molecule has 2 heterocycles. The third-order valence-electron chi connectivity index (χ3n) is 4.48. The molecule has 0 spiro atoms. The standard InChI is InChI=1S/C21H19FN4OS/c1-26-12-11-23-20(26)19(16-5-3-4-6-18(16)27-2)25-21-24-17(13-28-21)14-7-9-15(22)10-8-14/h3-13,19H,1-2H3,(H,24,25). The fourth-order valence-electron chi connectivity index (χ4n) is 3.06. The first-order chi connectivity index (χ1) is 13.7. The molecule has 5 nitrogen and oxygen atoms in total. The Bertz CT molecular complexity index is 1070. The fraction of sp³-hybridized carbons (Fsp3) is 0.143. The molecule has 0 aliphatic heterocycles. The summed E-state index contributed by atoms with van der Waals surface area (Å²) in [5, 5.41) is 6.18. The molecule has 0 radical (unpaired) electrons. The molecule has 2 aromatic carbocycles. The Hall–Kier alpha value is -3.19. The summed E-state index contributed by atoms with van der Waals surface area (Å²) in [6.07, 6.45) is 3.68. The Labute approximate surface area is 166 Å². The van der Waals surface area contributed by atoms with E-state index in [1.165, 1.54) is 23.5 Å². The highest BCUT2D eigenvalue weighted by molar-refractivity contribution is 7.14. The number of hydrogen-bond donors (Lipinski definition) is 1. The van der Waals surface area contributed by atoms with Gasteiger partial charge in [0.2, 0.25) is 0 Å². The molecule has 0 saturated carbocycles. The second-order valence-corrected chi connectivity index (χ2v) is 7.12. The molecule has 142 valence electrons. The van der Waals surface area contributed by atoms with E-state index in [9.17, 15) is 4.39 Å².